The van der Waals surface area contributed by atoms with Gasteiger partial charge in [0.05, 0.1) is 0 Å². The summed E-state index contributed by atoms with van der Waals surface area (Å²) < 4.78 is 25.6. The molecule has 0 nitrogen and oxygen atoms in total. The fourth-order valence-electron chi connectivity index (χ4n) is 0.922. The molecule has 0 aliphatic heterocycles. The maximum atomic E-state index is 13.0. The van der Waals surface area contributed by atoms with Gasteiger partial charge in [-0.1, -0.05) is 24.3 Å². The van der Waals surface area contributed by atoms with E-state index in [0.29, 0.717) is 12.3 Å². The molecule has 0 bridgehead atoms. The summed E-state index contributed by atoms with van der Waals surface area (Å²) in [7, 11) is 0. The molecule has 1 aromatic carbocycles. The molecule has 0 heterocycles. The molecule has 1 rings (SSSR count). The molecule has 0 N–H and O–H groups in total. The molecule has 0 aliphatic rings. The molecule has 3 heteroatoms. The van der Waals surface area contributed by atoms with Gasteiger partial charge in [-0.05, 0) is 12.5 Å². The second-order valence-electron chi connectivity index (χ2n) is 2.52. The molecule has 0 spiro atoms. The van der Waals surface area contributed by atoms with E-state index in [0.717, 1.165) is 6.07 Å². The monoisotopic (exact) mass is 202 g/mol. The molecule has 70 valence electrons. The van der Waals surface area contributed by atoms with E-state index < -0.39 is 11.6 Å². The third-order valence-electron chi connectivity index (χ3n) is 1.55. The third kappa shape index (κ3) is 2.81. The Balaban J connectivity index is 2.83. The van der Waals surface area contributed by atoms with Crippen molar-refractivity contribution in [1.29, 1.82) is 0 Å². The molecule has 13 heavy (non-hydrogen) atoms. The van der Waals surface area contributed by atoms with E-state index in [4.69, 9.17) is 11.6 Å². The van der Waals surface area contributed by atoms with Crippen LogP contribution in [0.15, 0.2) is 24.3 Å². The van der Waals surface area contributed by atoms with E-state index >= 15 is 0 Å². The van der Waals surface area contributed by atoms with Crippen LogP contribution in [0.4, 0.5) is 8.78 Å². The Kier molecular flexibility index (Phi) is 3.90. The van der Waals surface area contributed by atoms with Crippen LogP contribution in [0.3, 0.4) is 0 Å². The smallest absolute Gasteiger partial charge is 0.166 e. The second-order valence-corrected chi connectivity index (χ2v) is 2.90. The molecule has 0 aliphatic carbocycles. The zero-order valence-corrected chi connectivity index (χ0v) is 7.69. The molecule has 0 unspecified atom stereocenters. The summed E-state index contributed by atoms with van der Waals surface area (Å²) in [4.78, 5) is 0. The third-order valence-corrected chi connectivity index (χ3v) is 1.77. The first-order valence-corrected chi connectivity index (χ1v) is 4.45. The molecule has 0 saturated carbocycles. The lowest BCUT2D eigenvalue weighted by atomic mass is 10.2. The molecule has 0 atom stereocenters. The Labute approximate surface area is 80.8 Å². The predicted octanol–water partition coefficient (Wildman–Crippen LogP) is 3.61. The minimum atomic E-state index is -0.826. The maximum Gasteiger partial charge on any atom is 0.166 e. The van der Waals surface area contributed by atoms with Crippen molar-refractivity contribution in [3.63, 3.8) is 0 Å². The molecule has 1 aromatic rings. The average Bonchev–Trinajstić information content (AvgIpc) is 2.13. The largest absolute Gasteiger partial charge is 0.204 e. The zero-order valence-electron chi connectivity index (χ0n) is 6.93. The van der Waals surface area contributed by atoms with Crippen molar-refractivity contribution in [3.8, 4) is 0 Å². The fourth-order valence-corrected chi connectivity index (χ4v) is 1.05. The van der Waals surface area contributed by atoms with Crippen LogP contribution in [-0.4, -0.2) is 5.88 Å². The summed E-state index contributed by atoms with van der Waals surface area (Å²) in [6.45, 7) is 0. The van der Waals surface area contributed by atoms with Gasteiger partial charge in [-0.3, -0.25) is 0 Å². The number of halogens is 3. The van der Waals surface area contributed by atoms with E-state index in [9.17, 15) is 8.78 Å². The summed E-state index contributed by atoms with van der Waals surface area (Å²) in [5, 5.41) is 0. The topological polar surface area (TPSA) is 0 Å². The highest BCUT2D eigenvalue weighted by Crippen LogP contribution is 2.12. The first-order chi connectivity index (χ1) is 6.25. The van der Waals surface area contributed by atoms with E-state index in [1.807, 2.05) is 0 Å². The van der Waals surface area contributed by atoms with Crippen molar-refractivity contribution in [2.45, 2.75) is 6.42 Å². The molecular weight excluding hydrogens is 194 g/mol. The van der Waals surface area contributed by atoms with Gasteiger partial charge in [-0.2, -0.15) is 0 Å². The summed E-state index contributed by atoms with van der Waals surface area (Å²) in [5.41, 5.74) is 0.255. The zero-order chi connectivity index (χ0) is 9.68. The van der Waals surface area contributed by atoms with Crippen LogP contribution in [0.2, 0.25) is 0 Å². The first kappa shape index (κ1) is 10.2. The Morgan fingerprint density at radius 2 is 2.08 bits per heavy atom. The lowest BCUT2D eigenvalue weighted by Gasteiger charge is -1.96. The van der Waals surface area contributed by atoms with Gasteiger partial charge in [0, 0.05) is 11.4 Å². The van der Waals surface area contributed by atoms with Crippen LogP contribution in [0.5, 0.6) is 0 Å². The van der Waals surface area contributed by atoms with Gasteiger partial charge >= 0.3 is 0 Å². The van der Waals surface area contributed by atoms with Crippen molar-refractivity contribution in [2.75, 3.05) is 5.88 Å². The average molecular weight is 203 g/mol. The summed E-state index contributed by atoms with van der Waals surface area (Å²) in [5.74, 6) is -1.16. The van der Waals surface area contributed by atoms with Gasteiger partial charge in [0.1, 0.15) is 0 Å². The van der Waals surface area contributed by atoms with Crippen LogP contribution in [0.25, 0.3) is 6.08 Å². The normalized spacial score (nSPS) is 11.0. The second kappa shape index (κ2) is 4.97. The summed E-state index contributed by atoms with van der Waals surface area (Å²) in [6.07, 6.45) is 3.89. The van der Waals surface area contributed by atoms with E-state index in [1.54, 1.807) is 6.08 Å². The highest BCUT2D eigenvalue weighted by atomic mass is 35.5. The number of hydrogen-bond acceptors (Lipinski definition) is 0. The van der Waals surface area contributed by atoms with Crippen LogP contribution < -0.4 is 0 Å². The van der Waals surface area contributed by atoms with Crippen LogP contribution in [-0.2, 0) is 0 Å². The number of allylic oxidation sites excluding steroid dienone is 1. The Bertz CT molecular complexity index is 308. The number of rotatable bonds is 3. The van der Waals surface area contributed by atoms with Crippen molar-refractivity contribution in [1.82, 2.24) is 0 Å². The Hall–Kier alpha value is -0.890. The Morgan fingerprint density at radius 3 is 2.77 bits per heavy atom. The quantitative estimate of drug-likeness (QED) is 0.657. The molecule has 0 saturated heterocycles. The van der Waals surface area contributed by atoms with Crippen molar-refractivity contribution >= 4 is 17.7 Å². The van der Waals surface area contributed by atoms with Gasteiger partial charge in [-0.25, -0.2) is 8.78 Å². The molecule has 0 amide bonds. The van der Waals surface area contributed by atoms with Crippen LogP contribution >= 0.6 is 11.6 Å². The van der Waals surface area contributed by atoms with Crippen molar-refractivity contribution in [2.24, 2.45) is 0 Å². The van der Waals surface area contributed by atoms with Gasteiger partial charge in [0.25, 0.3) is 0 Å². The lowest BCUT2D eigenvalue weighted by molar-refractivity contribution is 0.507. The van der Waals surface area contributed by atoms with Crippen molar-refractivity contribution in [3.05, 3.63) is 41.5 Å². The number of hydrogen-bond donors (Lipinski definition) is 0. The summed E-state index contributed by atoms with van der Waals surface area (Å²) in [6, 6.07) is 4.08. The van der Waals surface area contributed by atoms with Crippen LogP contribution in [0.1, 0.15) is 12.0 Å². The van der Waals surface area contributed by atoms with E-state index in [1.165, 1.54) is 18.2 Å². The van der Waals surface area contributed by atoms with E-state index in [-0.39, 0.29) is 5.56 Å². The first-order valence-electron chi connectivity index (χ1n) is 3.92. The minimum Gasteiger partial charge on any atom is -0.204 e. The standard InChI is InChI=1S/C10H9ClF2/c11-7-2-1-4-8-5-3-6-9(12)10(8)13/h1,3-6H,2,7H2. The molecule has 0 aromatic heterocycles. The molecule has 0 fully saturated rings. The van der Waals surface area contributed by atoms with Crippen molar-refractivity contribution < 1.29 is 8.78 Å². The Morgan fingerprint density at radius 1 is 1.31 bits per heavy atom. The SMILES string of the molecule is Fc1cccc(C=CCCCl)c1F. The van der Waals surface area contributed by atoms with Gasteiger partial charge < -0.3 is 0 Å². The van der Waals surface area contributed by atoms with E-state index in [2.05, 4.69) is 0 Å². The number of benzene rings is 1. The molecular formula is C10H9ClF2. The predicted molar refractivity (Wildman–Crippen MR) is 50.7 cm³/mol. The number of alkyl halides is 1. The highest BCUT2D eigenvalue weighted by Gasteiger charge is 2.03. The van der Waals surface area contributed by atoms with Gasteiger partial charge in [-0.15, -0.1) is 11.6 Å². The highest BCUT2D eigenvalue weighted by molar-refractivity contribution is 6.17. The maximum absolute atomic E-state index is 13.0. The van der Waals surface area contributed by atoms with Gasteiger partial charge in [0.2, 0.25) is 0 Å². The minimum absolute atomic E-state index is 0.255. The summed E-state index contributed by atoms with van der Waals surface area (Å²) >= 11 is 5.42. The lowest BCUT2D eigenvalue weighted by Crippen LogP contribution is -1.86. The molecule has 0 radical (unpaired) electrons. The fraction of sp³-hybridized carbons (Fsp3) is 0.200. The van der Waals surface area contributed by atoms with Gasteiger partial charge in [0.15, 0.2) is 11.6 Å². The van der Waals surface area contributed by atoms with Crippen LogP contribution in [0, 0.1) is 11.6 Å².